The van der Waals surface area contributed by atoms with Crippen molar-refractivity contribution in [3.05, 3.63) is 29.8 Å². The molecule has 1 aromatic rings. The summed E-state index contributed by atoms with van der Waals surface area (Å²) in [6.45, 7) is 8.90. The van der Waals surface area contributed by atoms with Crippen LogP contribution in [-0.2, 0) is 6.42 Å². The van der Waals surface area contributed by atoms with Crippen LogP contribution in [0.15, 0.2) is 24.3 Å². The summed E-state index contributed by atoms with van der Waals surface area (Å²) in [6.07, 6.45) is 2.28. The van der Waals surface area contributed by atoms with Gasteiger partial charge >= 0.3 is 0 Å². The molecular formula is C16H26N2O. The van der Waals surface area contributed by atoms with Gasteiger partial charge in [-0.2, -0.15) is 0 Å². The molecule has 106 valence electrons. The summed E-state index contributed by atoms with van der Waals surface area (Å²) >= 11 is 0. The lowest BCUT2D eigenvalue weighted by molar-refractivity contribution is 0.0444. The molecule has 1 aromatic carbocycles. The van der Waals surface area contributed by atoms with Gasteiger partial charge in [0.25, 0.3) is 0 Å². The Hall–Kier alpha value is -1.06. The Morgan fingerprint density at radius 2 is 2.11 bits per heavy atom. The smallest absolute Gasteiger partial charge is 0.0741 e. The number of anilines is 1. The molecule has 0 saturated heterocycles. The van der Waals surface area contributed by atoms with Gasteiger partial charge in [0.15, 0.2) is 0 Å². The van der Waals surface area contributed by atoms with Gasteiger partial charge in [0.2, 0.25) is 0 Å². The van der Waals surface area contributed by atoms with Crippen molar-refractivity contribution in [1.82, 2.24) is 5.32 Å². The SMILES string of the molecule is CC(NCCCN1CCc2ccccc21)C(C)(C)O. The van der Waals surface area contributed by atoms with Crippen LogP contribution in [0.3, 0.4) is 0 Å². The third-order valence-electron chi connectivity index (χ3n) is 4.10. The van der Waals surface area contributed by atoms with E-state index >= 15 is 0 Å². The molecule has 0 amide bonds. The first-order chi connectivity index (χ1) is 8.98. The number of hydrogen-bond donors (Lipinski definition) is 2. The maximum absolute atomic E-state index is 9.85. The van der Waals surface area contributed by atoms with Crippen LogP contribution in [0.2, 0.25) is 0 Å². The fraction of sp³-hybridized carbons (Fsp3) is 0.625. The number of rotatable bonds is 6. The predicted molar refractivity (Wildman–Crippen MR) is 80.7 cm³/mol. The fourth-order valence-electron chi connectivity index (χ4n) is 2.48. The van der Waals surface area contributed by atoms with Gasteiger partial charge < -0.3 is 15.3 Å². The van der Waals surface area contributed by atoms with E-state index in [0.717, 1.165) is 26.1 Å². The molecule has 0 aromatic heterocycles. The van der Waals surface area contributed by atoms with Crippen LogP contribution >= 0.6 is 0 Å². The van der Waals surface area contributed by atoms with Crippen molar-refractivity contribution < 1.29 is 5.11 Å². The molecule has 19 heavy (non-hydrogen) atoms. The molecule has 2 N–H and O–H groups in total. The van der Waals surface area contributed by atoms with Crippen molar-refractivity contribution in [2.75, 3.05) is 24.5 Å². The first kappa shape index (κ1) is 14.4. The second-order valence-electron chi connectivity index (χ2n) is 6.05. The van der Waals surface area contributed by atoms with Gasteiger partial charge in [0.05, 0.1) is 5.60 Å². The predicted octanol–water partition coefficient (Wildman–Crippen LogP) is 2.19. The fourth-order valence-corrected chi connectivity index (χ4v) is 2.48. The lowest BCUT2D eigenvalue weighted by Crippen LogP contribution is -2.45. The highest BCUT2D eigenvalue weighted by Gasteiger charge is 2.21. The molecule has 3 heteroatoms. The number of benzene rings is 1. The van der Waals surface area contributed by atoms with E-state index in [1.807, 2.05) is 20.8 Å². The lowest BCUT2D eigenvalue weighted by Gasteiger charge is -2.27. The summed E-state index contributed by atoms with van der Waals surface area (Å²) in [5, 5.41) is 13.2. The summed E-state index contributed by atoms with van der Waals surface area (Å²) < 4.78 is 0. The van der Waals surface area contributed by atoms with E-state index in [4.69, 9.17) is 0 Å². The van der Waals surface area contributed by atoms with Crippen LogP contribution in [0.4, 0.5) is 5.69 Å². The molecule has 0 saturated carbocycles. The first-order valence-electron chi connectivity index (χ1n) is 7.27. The van der Waals surface area contributed by atoms with E-state index in [1.165, 1.54) is 17.7 Å². The van der Waals surface area contributed by atoms with Gasteiger partial charge in [-0.05, 0) is 51.8 Å². The maximum Gasteiger partial charge on any atom is 0.0741 e. The summed E-state index contributed by atoms with van der Waals surface area (Å²) in [7, 11) is 0. The van der Waals surface area contributed by atoms with E-state index in [1.54, 1.807) is 0 Å². The van der Waals surface area contributed by atoms with Crippen molar-refractivity contribution in [2.45, 2.75) is 45.3 Å². The number of fused-ring (bicyclic) bond motifs is 1. The standard InChI is InChI=1S/C16H26N2O/c1-13(16(2,3)19)17-10-6-11-18-12-9-14-7-4-5-8-15(14)18/h4-5,7-8,13,17,19H,6,9-12H2,1-3H3. The number of aliphatic hydroxyl groups is 1. The molecule has 1 aliphatic heterocycles. The average molecular weight is 262 g/mol. The Morgan fingerprint density at radius 3 is 2.84 bits per heavy atom. The summed E-state index contributed by atoms with van der Waals surface area (Å²) in [5.41, 5.74) is 2.22. The molecular weight excluding hydrogens is 236 g/mol. The zero-order chi connectivity index (χ0) is 13.9. The molecule has 1 heterocycles. The maximum atomic E-state index is 9.85. The molecule has 1 aliphatic rings. The largest absolute Gasteiger partial charge is 0.389 e. The highest BCUT2D eigenvalue weighted by molar-refractivity contribution is 5.57. The van der Waals surface area contributed by atoms with E-state index in [9.17, 15) is 5.11 Å². The Kier molecular flexibility index (Phi) is 4.48. The van der Waals surface area contributed by atoms with Gasteiger partial charge in [-0.25, -0.2) is 0 Å². The monoisotopic (exact) mass is 262 g/mol. The second kappa shape index (κ2) is 5.93. The van der Waals surface area contributed by atoms with Crippen LogP contribution in [0.5, 0.6) is 0 Å². The van der Waals surface area contributed by atoms with Crippen LogP contribution in [0, 0.1) is 0 Å². The quantitative estimate of drug-likeness (QED) is 0.771. The Labute approximate surface area is 116 Å². The Bertz CT molecular complexity index is 411. The molecule has 0 radical (unpaired) electrons. The van der Waals surface area contributed by atoms with E-state index in [2.05, 4.69) is 34.5 Å². The van der Waals surface area contributed by atoms with Gasteiger partial charge in [-0.1, -0.05) is 18.2 Å². The zero-order valence-corrected chi connectivity index (χ0v) is 12.3. The molecule has 0 spiro atoms. The normalized spacial score (nSPS) is 16.5. The van der Waals surface area contributed by atoms with Gasteiger partial charge in [-0.15, -0.1) is 0 Å². The topological polar surface area (TPSA) is 35.5 Å². The highest BCUT2D eigenvalue weighted by Crippen LogP contribution is 2.27. The van der Waals surface area contributed by atoms with Crippen molar-refractivity contribution in [1.29, 1.82) is 0 Å². The van der Waals surface area contributed by atoms with Gasteiger partial charge in [0, 0.05) is 24.8 Å². The molecule has 1 atom stereocenters. The molecule has 0 bridgehead atoms. The van der Waals surface area contributed by atoms with Crippen molar-refractivity contribution in [3.8, 4) is 0 Å². The van der Waals surface area contributed by atoms with Crippen molar-refractivity contribution in [2.24, 2.45) is 0 Å². The summed E-state index contributed by atoms with van der Waals surface area (Å²) in [6, 6.07) is 8.80. The minimum atomic E-state index is -0.653. The Morgan fingerprint density at radius 1 is 1.37 bits per heavy atom. The molecule has 0 fully saturated rings. The van der Waals surface area contributed by atoms with Gasteiger partial charge in [-0.3, -0.25) is 0 Å². The number of para-hydroxylation sites is 1. The van der Waals surface area contributed by atoms with Crippen LogP contribution in [0.1, 0.15) is 32.8 Å². The second-order valence-corrected chi connectivity index (χ2v) is 6.05. The average Bonchev–Trinajstić information content (AvgIpc) is 2.76. The third-order valence-corrected chi connectivity index (χ3v) is 4.10. The molecule has 1 unspecified atom stereocenters. The first-order valence-corrected chi connectivity index (χ1v) is 7.27. The van der Waals surface area contributed by atoms with E-state index in [-0.39, 0.29) is 6.04 Å². The summed E-state index contributed by atoms with van der Waals surface area (Å²) in [5.74, 6) is 0. The third kappa shape index (κ3) is 3.71. The van der Waals surface area contributed by atoms with Crippen LogP contribution < -0.4 is 10.2 Å². The van der Waals surface area contributed by atoms with Crippen LogP contribution in [-0.4, -0.2) is 36.4 Å². The minimum Gasteiger partial charge on any atom is -0.389 e. The van der Waals surface area contributed by atoms with Crippen LogP contribution in [0.25, 0.3) is 0 Å². The number of hydrogen-bond acceptors (Lipinski definition) is 3. The summed E-state index contributed by atoms with van der Waals surface area (Å²) in [4.78, 5) is 2.46. The van der Waals surface area contributed by atoms with Crippen molar-refractivity contribution in [3.63, 3.8) is 0 Å². The lowest BCUT2D eigenvalue weighted by atomic mass is 10.0. The van der Waals surface area contributed by atoms with Crippen molar-refractivity contribution >= 4 is 5.69 Å². The number of nitrogens with one attached hydrogen (secondary N) is 1. The molecule has 3 nitrogen and oxygen atoms in total. The Balaban J connectivity index is 1.73. The van der Waals surface area contributed by atoms with E-state index < -0.39 is 5.60 Å². The minimum absolute atomic E-state index is 0.123. The molecule has 2 rings (SSSR count). The molecule has 0 aliphatic carbocycles. The highest BCUT2D eigenvalue weighted by atomic mass is 16.3. The zero-order valence-electron chi connectivity index (χ0n) is 12.3. The number of nitrogens with zero attached hydrogens (tertiary/aromatic N) is 1. The van der Waals surface area contributed by atoms with E-state index in [0.29, 0.717) is 0 Å². The van der Waals surface area contributed by atoms with Gasteiger partial charge in [0.1, 0.15) is 0 Å².